The van der Waals surface area contributed by atoms with Crippen LogP contribution in [0.3, 0.4) is 0 Å². The quantitative estimate of drug-likeness (QED) is 0.487. The highest BCUT2D eigenvalue weighted by Crippen LogP contribution is 2.33. The lowest BCUT2D eigenvalue weighted by Gasteiger charge is -2.24. The molecule has 2 aromatic rings. The first-order valence-electron chi connectivity index (χ1n) is 9.10. The second-order valence-electron chi connectivity index (χ2n) is 6.74. The molecule has 2 aromatic carbocycles. The van der Waals surface area contributed by atoms with Crippen LogP contribution in [0.2, 0.25) is 0 Å². The first-order chi connectivity index (χ1) is 13.5. The zero-order valence-electron chi connectivity index (χ0n) is 15.4. The molecule has 0 amide bonds. The third-order valence-corrected chi connectivity index (χ3v) is 5.85. The minimum absolute atomic E-state index is 0.254. The van der Waals surface area contributed by atoms with Crippen LogP contribution in [0, 0.1) is 0 Å². The highest BCUT2D eigenvalue weighted by Gasteiger charge is 2.38. The number of carbonyl (C=O) groups is 1. The Morgan fingerprint density at radius 3 is 2.39 bits per heavy atom. The summed E-state index contributed by atoms with van der Waals surface area (Å²) in [6, 6.07) is 16.3. The highest BCUT2D eigenvalue weighted by molar-refractivity contribution is 7.97. The van der Waals surface area contributed by atoms with Gasteiger partial charge in [-0.1, -0.05) is 54.6 Å². The smallest absolute Gasteiger partial charge is 0.320 e. The van der Waals surface area contributed by atoms with Crippen LogP contribution in [0.5, 0.6) is 0 Å². The summed E-state index contributed by atoms with van der Waals surface area (Å²) in [5.41, 5.74) is 7.73. The monoisotopic (exact) mass is 403 g/mol. The Labute approximate surface area is 168 Å². The van der Waals surface area contributed by atoms with E-state index in [0.29, 0.717) is 19.5 Å². The molecule has 5 N–H and O–H groups in total. The molecular formula is C20H25N3O4S. The van der Waals surface area contributed by atoms with E-state index < -0.39 is 23.9 Å². The van der Waals surface area contributed by atoms with E-state index in [1.165, 1.54) is 11.9 Å². The lowest BCUT2D eigenvalue weighted by atomic mass is 9.98. The van der Waals surface area contributed by atoms with Gasteiger partial charge in [-0.15, -0.1) is 0 Å². The van der Waals surface area contributed by atoms with Gasteiger partial charge in [-0.2, -0.15) is 0 Å². The van der Waals surface area contributed by atoms with Crippen LogP contribution >= 0.6 is 11.9 Å². The van der Waals surface area contributed by atoms with E-state index in [1.807, 2.05) is 54.6 Å². The largest absolute Gasteiger partial charge is 0.480 e. The van der Waals surface area contributed by atoms with Crippen molar-refractivity contribution in [3.05, 3.63) is 71.3 Å². The summed E-state index contributed by atoms with van der Waals surface area (Å²) >= 11 is 1.19. The molecule has 0 spiro atoms. The fourth-order valence-corrected chi connectivity index (χ4v) is 4.17. The van der Waals surface area contributed by atoms with Gasteiger partial charge in [0.05, 0.1) is 0 Å². The standard InChI is InChI=1S/C20H25N3O4S/c21-17(18(24)25)12-16-9-5-4-8-15(16)10-11-23-19(26)22(20(27)28-23)13-14-6-2-1-3-7-14/h1-9,17,19-20,26-27H,10-13,21H2,(H,24,25). The summed E-state index contributed by atoms with van der Waals surface area (Å²) < 4.78 is 1.74. The van der Waals surface area contributed by atoms with Crippen LogP contribution in [-0.2, 0) is 24.2 Å². The fraction of sp³-hybridized carbons (Fsp3) is 0.350. The van der Waals surface area contributed by atoms with E-state index in [0.717, 1.165) is 16.7 Å². The number of aliphatic hydroxyl groups excluding tert-OH is 2. The predicted molar refractivity (Wildman–Crippen MR) is 108 cm³/mol. The molecule has 0 saturated carbocycles. The average Bonchev–Trinajstić information content (AvgIpc) is 2.95. The summed E-state index contributed by atoms with van der Waals surface area (Å²) in [5, 5.41) is 30.0. The van der Waals surface area contributed by atoms with Gasteiger partial charge in [-0.05, 0) is 41.5 Å². The Bertz CT molecular complexity index is 792. The van der Waals surface area contributed by atoms with Crippen molar-refractivity contribution in [2.45, 2.75) is 37.3 Å². The Balaban J connectivity index is 1.61. The number of nitrogens with zero attached hydrogens (tertiary/aromatic N) is 2. The van der Waals surface area contributed by atoms with E-state index in [1.54, 1.807) is 9.21 Å². The maximum atomic E-state index is 11.0. The van der Waals surface area contributed by atoms with E-state index >= 15 is 0 Å². The zero-order valence-corrected chi connectivity index (χ0v) is 16.2. The summed E-state index contributed by atoms with van der Waals surface area (Å²) in [5.74, 6) is -1.03. The van der Waals surface area contributed by atoms with E-state index in [-0.39, 0.29) is 6.42 Å². The predicted octanol–water partition coefficient (Wildman–Crippen LogP) is 1.20. The third-order valence-electron chi connectivity index (χ3n) is 4.75. The third kappa shape index (κ3) is 5.11. The number of hydrogen-bond acceptors (Lipinski definition) is 7. The Hall–Kier alpha value is -1.94. The minimum Gasteiger partial charge on any atom is -0.480 e. The zero-order chi connectivity index (χ0) is 20.1. The lowest BCUT2D eigenvalue weighted by molar-refractivity contribution is -0.138. The molecule has 28 heavy (non-hydrogen) atoms. The van der Waals surface area contributed by atoms with Gasteiger partial charge >= 0.3 is 5.97 Å². The van der Waals surface area contributed by atoms with E-state index in [4.69, 9.17) is 10.8 Å². The van der Waals surface area contributed by atoms with Crippen molar-refractivity contribution in [1.82, 2.24) is 9.21 Å². The first-order valence-corrected chi connectivity index (χ1v) is 9.93. The summed E-state index contributed by atoms with van der Waals surface area (Å²) in [6.45, 7) is 0.949. The van der Waals surface area contributed by atoms with Gasteiger partial charge < -0.3 is 21.1 Å². The number of hydrogen-bond donors (Lipinski definition) is 4. The van der Waals surface area contributed by atoms with Crippen molar-refractivity contribution in [3.8, 4) is 0 Å². The SMILES string of the molecule is NC(Cc1ccccc1CCN1SC(O)N(Cc2ccccc2)C1O)C(=O)O. The molecule has 1 saturated heterocycles. The first kappa shape index (κ1) is 20.8. The van der Waals surface area contributed by atoms with Crippen LogP contribution < -0.4 is 5.73 Å². The van der Waals surface area contributed by atoms with Crippen LogP contribution in [0.25, 0.3) is 0 Å². The second-order valence-corrected chi connectivity index (χ2v) is 7.85. The minimum atomic E-state index is -1.03. The molecular weight excluding hydrogens is 378 g/mol. The average molecular weight is 404 g/mol. The van der Waals surface area contributed by atoms with Gasteiger partial charge in [0, 0.05) is 13.1 Å². The van der Waals surface area contributed by atoms with Crippen LogP contribution in [0.4, 0.5) is 0 Å². The van der Waals surface area contributed by atoms with Crippen molar-refractivity contribution in [2.24, 2.45) is 5.73 Å². The molecule has 3 unspecified atom stereocenters. The van der Waals surface area contributed by atoms with E-state index in [2.05, 4.69) is 0 Å². The number of carboxylic acids is 1. The van der Waals surface area contributed by atoms with Gasteiger partial charge in [0.1, 0.15) is 6.04 Å². The van der Waals surface area contributed by atoms with Crippen molar-refractivity contribution < 1.29 is 20.1 Å². The molecule has 1 aliphatic rings. The molecule has 1 fully saturated rings. The van der Waals surface area contributed by atoms with Gasteiger partial charge in [0.25, 0.3) is 0 Å². The normalized spacial score (nSPS) is 21.7. The molecule has 1 aliphatic heterocycles. The molecule has 0 radical (unpaired) electrons. The van der Waals surface area contributed by atoms with Crippen molar-refractivity contribution >= 4 is 17.9 Å². The molecule has 3 atom stereocenters. The number of rotatable bonds is 8. The Morgan fingerprint density at radius 2 is 1.71 bits per heavy atom. The van der Waals surface area contributed by atoms with Crippen molar-refractivity contribution in [3.63, 3.8) is 0 Å². The van der Waals surface area contributed by atoms with Gasteiger partial charge in [0.15, 0.2) is 11.9 Å². The molecule has 0 aromatic heterocycles. The van der Waals surface area contributed by atoms with Crippen molar-refractivity contribution in [2.75, 3.05) is 6.54 Å². The van der Waals surface area contributed by atoms with E-state index in [9.17, 15) is 15.0 Å². The molecule has 8 heteroatoms. The Kier molecular flexibility index (Phi) is 7.06. The Morgan fingerprint density at radius 1 is 1.07 bits per heavy atom. The number of aliphatic carboxylic acids is 1. The summed E-state index contributed by atoms with van der Waals surface area (Å²) in [4.78, 5) is 12.7. The number of aliphatic hydroxyl groups is 2. The maximum absolute atomic E-state index is 11.0. The molecule has 150 valence electrons. The van der Waals surface area contributed by atoms with Gasteiger partial charge in [-0.25, -0.2) is 9.21 Å². The molecule has 1 heterocycles. The number of carboxylic acid groups (broad SMARTS) is 1. The fourth-order valence-electron chi connectivity index (χ4n) is 3.19. The molecule has 7 nitrogen and oxygen atoms in total. The van der Waals surface area contributed by atoms with Crippen LogP contribution in [-0.4, -0.2) is 55.0 Å². The van der Waals surface area contributed by atoms with Gasteiger partial charge in [0.2, 0.25) is 0 Å². The lowest BCUT2D eigenvalue weighted by Crippen LogP contribution is -2.40. The summed E-state index contributed by atoms with van der Waals surface area (Å²) in [6.07, 6.45) is -0.0451. The maximum Gasteiger partial charge on any atom is 0.320 e. The molecule has 0 bridgehead atoms. The summed E-state index contributed by atoms with van der Waals surface area (Å²) in [7, 11) is 0. The molecule has 3 rings (SSSR count). The highest BCUT2D eigenvalue weighted by atomic mass is 32.2. The number of nitrogens with two attached hydrogens (primary N) is 1. The topological polar surface area (TPSA) is 110 Å². The van der Waals surface area contributed by atoms with Crippen LogP contribution in [0.1, 0.15) is 16.7 Å². The molecule has 0 aliphatic carbocycles. The van der Waals surface area contributed by atoms with Crippen LogP contribution in [0.15, 0.2) is 54.6 Å². The van der Waals surface area contributed by atoms with Gasteiger partial charge in [-0.3, -0.25) is 4.79 Å². The number of benzene rings is 2. The van der Waals surface area contributed by atoms with Crippen molar-refractivity contribution in [1.29, 1.82) is 0 Å². The second kappa shape index (κ2) is 9.51.